The van der Waals surface area contributed by atoms with Crippen LogP contribution in [0.4, 0.5) is 0 Å². The highest BCUT2D eigenvalue weighted by Gasteiger charge is 2.51. The molecule has 200 valence electrons. The summed E-state index contributed by atoms with van der Waals surface area (Å²) in [4.78, 5) is 25.3. The third-order valence-electron chi connectivity index (χ3n) is 7.47. The fraction of sp³-hybridized carbons (Fsp3) is 0.375. The Morgan fingerprint density at radius 2 is 1.39 bits per heavy atom. The van der Waals surface area contributed by atoms with E-state index in [-0.39, 0.29) is 22.8 Å². The van der Waals surface area contributed by atoms with Crippen LogP contribution in [0, 0.1) is 5.92 Å². The number of benzene rings is 3. The van der Waals surface area contributed by atoms with Gasteiger partial charge in [0.1, 0.15) is 12.2 Å². The topological polar surface area (TPSA) is 61.8 Å². The molecule has 0 saturated carbocycles. The highest BCUT2D eigenvalue weighted by atomic mass is 28.4. The van der Waals surface area contributed by atoms with E-state index in [1.165, 1.54) is 17.3 Å². The zero-order chi connectivity index (χ0) is 27.3. The molecule has 0 amide bonds. The molecule has 0 bridgehead atoms. The van der Waals surface area contributed by atoms with Crippen LogP contribution in [0.5, 0.6) is 0 Å². The second-order valence-electron chi connectivity index (χ2n) is 11.1. The lowest BCUT2D eigenvalue weighted by Gasteiger charge is -2.43. The van der Waals surface area contributed by atoms with Crippen molar-refractivity contribution < 1.29 is 23.5 Å². The highest BCUT2D eigenvalue weighted by molar-refractivity contribution is 6.99. The van der Waals surface area contributed by atoms with Gasteiger partial charge < -0.3 is 13.9 Å². The van der Waals surface area contributed by atoms with E-state index in [9.17, 15) is 9.59 Å². The zero-order valence-electron chi connectivity index (χ0n) is 22.9. The lowest BCUT2D eigenvalue weighted by molar-refractivity contribution is -0.131. The van der Waals surface area contributed by atoms with Crippen molar-refractivity contribution in [3.8, 4) is 0 Å². The van der Waals surface area contributed by atoms with Crippen LogP contribution in [0.15, 0.2) is 91.0 Å². The van der Waals surface area contributed by atoms with Crippen molar-refractivity contribution in [1.29, 1.82) is 0 Å². The number of rotatable bonds is 9. The maximum Gasteiger partial charge on any atom is 0.338 e. The van der Waals surface area contributed by atoms with E-state index in [1.807, 2.05) is 25.1 Å². The highest BCUT2D eigenvalue weighted by Crippen LogP contribution is 2.38. The van der Waals surface area contributed by atoms with E-state index in [0.717, 1.165) is 0 Å². The van der Waals surface area contributed by atoms with Gasteiger partial charge in [0, 0.05) is 5.92 Å². The van der Waals surface area contributed by atoms with Gasteiger partial charge in [-0.15, -0.1) is 0 Å². The lowest BCUT2D eigenvalue weighted by atomic mass is 9.92. The van der Waals surface area contributed by atoms with E-state index in [2.05, 4.69) is 69.3 Å². The summed E-state index contributed by atoms with van der Waals surface area (Å²) >= 11 is 0. The van der Waals surface area contributed by atoms with Crippen molar-refractivity contribution in [2.24, 2.45) is 5.92 Å². The molecule has 4 unspecified atom stereocenters. The fourth-order valence-corrected chi connectivity index (χ4v) is 10.2. The van der Waals surface area contributed by atoms with Crippen LogP contribution in [0.2, 0.25) is 5.04 Å². The SMILES string of the molecule is CC(=O)C1OC(CO[Si](c2ccccc2)(c2ccccc2)C(C)(C)C)CC1C(C)OC(=O)c1ccccc1. The van der Waals surface area contributed by atoms with Crippen LogP contribution < -0.4 is 10.4 Å². The van der Waals surface area contributed by atoms with Crippen LogP contribution in [0.3, 0.4) is 0 Å². The van der Waals surface area contributed by atoms with Gasteiger partial charge >= 0.3 is 5.97 Å². The van der Waals surface area contributed by atoms with Crippen molar-refractivity contribution >= 4 is 30.4 Å². The minimum atomic E-state index is -2.74. The molecule has 0 radical (unpaired) electrons. The van der Waals surface area contributed by atoms with Gasteiger partial charge in [-0.05, 0) is 47.8 Å². The first kappa shape index (κ1) is 28.0. The van der Waals surface area contributed by atoms with Gasteiger partial charge in [-0.25, -0.2) is 4.79 Å². The Labute approximate surface area is 227 Å². The van der Waals surface area contributed by atoms with Crippen molar-refractivity contribution in [2.45, 2.75) is 64.4 Å². The molecule has 0 spiro atoms. The van der Waals surface area contributed by atoms with Crippen LogP contribution >= 0.6 is 0 Å². The van der Waals surface area contributed by atoms with Crippen molar-refractivity contribution in [1.82, 2.24) is 0 Å². The Morgan fingerprint density at radius 3 is 1.87 bits per heavy atom. The van der Waals surface area contributed by atoms with Crippen LogP contribution in [-0.4, -0.2) is 45.0 Å². The number of ether oxygens (including phenoxy) is 2. The normalized spacial score (nSPS) is 20.6. The summed E-state index contributed by atoms with van der Waals surface area (Å²) in [6.45, 7) is 10.4. The number of esters is 1. The predicted molar refractivity (Wildman–Crippen MR) is 152 cm³/mol. The molecule has 1 aliphatic heterocycles. The molecule has 1 aliphatic rings. The summed E-state index contributed by atoms with van der Waals surface area (Å²) < 4.78 is 19.1. The zero-order valence-corrected chi connectivity index (χ0v) is 23.9. The lowest BCUT2D eigenvalue weighted by Crippen LogP contribution is -2.67. The summed E-state index contributed by atoms with van der Waals surface area (Å²) in [6, 6.07) is 29.8. The minimum absolute atomic E-state index is 0.0643. The molecule has 0 N–H and O–H groups in total. The smallest absolute Gasteiger partial charge is 0.338 e. The van der Waals surface area contributed by atoms with E-state index in [0.29, 0.717) is 18.6 Å². The molecule has 3 aromatic carbocycles. The third kappa shape index (κ3) is 5.83. The Balaban J connectivity index is 1.56. The van der Waals surface area contributed by atoms with E-state index in [1.54, 1.807) is 24.3 Å². The largest absolute Gasteiger partial charge is 0.459 e. The monoisotopic (exact) mass is 530 g/mol. The van der Waals surface area contributed by atoms with Crippen LogP contribution in [-0.2, 0) is 18.7 Å². The van der Waals surface area contributed by atoms with E-state index < -0.39 is 26.5 Å². The van der Waals surface area contributed by atoms with Gasteiger partial charge in [-0.2, -0.15) is 0 Å². The number of ketones is 1. The first-order valence-electron chi connectivity index (χ1n) is 13.3. The molecule has 1 heterocycles. The van der Waals surface area contributed by atoms with E-state index in [4.69, 9.17) is 13.9 Å². The molecular formula is C32H38O5Si. The first-order valence-corrected chi connectivity index (χ1v) is 15.2. The van der Waals surface area contributed by atoms with Gasteiger partial charge in [-0.3, -0.25) is 4.79 Å². The third-order valence-corrected chi connectivity index (χ3v) is 12.5. The Bertz CT molecular complexity index is 1170. The quantitative estimate of drug-likeness (QED) is 0.282. The average molecular weight is 531 g/mol. The predicted octanol–water partition coefficient (Wildman–Crippen LogP) is 5.17. The summed E-state index contributed by atoms with van der Waals surface area (Å²) in [7, 11) is -2.74. The van der Waals surface area contributed by atoms with Crippen LogP contribution in [0.1, 0.15) is 51.4 Å². The Hall–Kier alpha value is -3.06. The summed E-state index contributed by atoms with van der Waals surface area (Å²) in [5.74, 6) is -0.703. The standard InChI is InChI=1S/C32H38O5Si/c1-23(33)30-29(24(2)36-31(34)25-15-9-6-10-16-25)21-26(37-30)22-35-38(32(3,4)5,27-17-11-7-12-18-27)28-19-13-8-14-20-28/h6-20,24,26,29-30H,21-22H2,1-5H3. The maximum absolute atomic E-state index is 12.7. The molecule has 3 aromatic rings. The van der Waals surface area contributed by atoms with Gasteiger partial charge in [0.05, 0.1) is 18.3 Å². The first-order chi connectivity index (χ1) is 18.1. The molecule has 0 aliphatic carbocycles. The number of Topliss-reactive ketones (excluding diaryl/α,β-unsaturated/α-hetero) is 1. The second kappa shape index (κ2) is 11.8. The molecule has 1 fully saturated rings. The Morgan fingerprint density at radius 1 is 0.895 bits per heavy atom. The molecule has 0 aromatic heterocycles. The summed E-state index contributed by atoms with van der Waals surface area (Å²) in [6.07, 6.45) is -0.824. The fourth-order valence-electron chi connectivity index (χ4n) is 5.61. The summed E-state index contributed by atoms with van der Waals surface area (Å²) in [5.41, 5.74) is 0.490. The van der Waals surface area contributed by atoms with Crippen molar-refractivity contribution in [2.75, 3.05) is 6.61 Å². The molecular weight excluding hydrogens is 492 g/mol. The maximum atomic E-state index is 12.7. The van der Waals surface area contributed by atoms with Gasteiger partial charge in [-0.1, -0.05) is 99.6 Å². The second-order valence-corrected chi connectivity index (χ2v) is 15.4. The number of hydrogen-bond acceptors (Lipinski definition) is 5. The average Bonchev–Trinajstić information content (AvgIpc) is 3.35. The number of hydrogen-bond donors (Lipinski definition) is 0. The van der Waals surface area contributed by atoms with Crippen molar-refractivity contribution in [3.63, 3.8) is 0 Å². The molecule has 1 saturated heterocycles. The number of carbonyl (C=O) groups is 2. The van der Waals surface area contributed by atoms with Gasteiger partial charge in [0.25, 0.3) is 8.32 Å². The van der Waals surface area contributed by atoms with Crippen molar-refractivity contribution in [3.05, 3.63) is 96.6 Å². The minimum Gasteiger partial charge on any atom is -0.459 e. The molecule has 4 rings (SSSR count). The summed E-state index contributed by atoms with van der Waals surface area (Å²) in [5, 5.41) is 2.23. The molecule has 6 heteroatoms. The van der Waals surface area contributed by atoms with Gasteiger partial charge in [0.15, 0.2) is 5.78 Å². The Kier molecular flexibility index (Phi) is 8.66. The molecule has 38 heavy (non-hydrogen) atoms. The van der Waals surface area contributed by atoms with Crippen LogP contribution in [0.25, 0.3) is 0 Å². The van der Waals surface area contributed by atoms with Gasteiger partial charge in [0.2, 0.25) is 0 Å². The number of carbonyl (C=O) groups excluding carboxylic acids is 2. The molecule has 5 nitrogen and oxygen atoms in total. The van der Waals surface area contributed by atoms with E-state index >= 15 is 0 Å². The molecule has 4 atom stereocenters.